The first kappa shape index (κ1) is 34.5. The zero-order valence-corrected chi connectivity index (χ0v) is 28.0. The van der Waals surface area contributed by atoms with Crippen LogP contribution in [0.1, 0.15) is 71.6 Å². The summed E-state index contributed by atoms with van der Waals surface area (Å²) in [6, 6.07) is 0. The molecule has 49 heavy (non-hydrogen) atoms. The molecule has 0 unspecified atom stereocenters. The number of aldehydes is 1. The summed E-state index contributed by atoms with van der Waals surface area (Å²) in [6.07, 6.45) is -3.89. The number of cyclic esters (lactones) is 1. The zero-order chi connectivity index (χ0) is 34.7. The summed E-state index contributed by atoms with van der Waals surface area (Å²) in [5.41, 5.74) is -1.36. The third-order valence-electron chi connectivity index (χ3n) is 14.2. The number of hydrogen-bond donors (Lipinski definition) is 6. The van der Waals surface area contributed by atoms with Crippen LogP contribution in [0, 0.1) is 34.5 Å². The van der Waals surface area contributed by atoms with E-state index in [2.05, 4.69) is 6.92 Å². The van der Waals surface area contributed by atoms with Crippen molar-refractivity contribution in [1.29, 1.82) is 0 Å². The predicted octanol–water partition coefficient (Wildman–Crippen LogP) is -0.175. The molecule has 14 nitrogen and oxygen atoms in total. The van der Waals surface area contributed by atoms with Crippen molar-refractivity contribution in [2.75, 3.05) is 13.2 Å². The van der Waals surface area contributed by atoms with Crippen molar-refractivity contribution in [1.82, 2.24) is 0 Å². The molecule has 6 N–H and O–H groups in total. The molecule has 4 aliphatic heterocycles. The summed E-state index contributed by atoms with van der Waals surface area (Å²) in [4.78, 5) is 25.4. The molecule has 3 saturated heterocycles. The van der Waals surface area contributed by atoms with Crippen molar-refractivity contribution in [2.45, 2.75) is 144 Å². The molecule has 0 amide bonds. The first-order chi connectivity index (χ1) is 23.3. The van der Waals surface area contributed by atoms with Crippen molar-refractivity contribution < 1.29 is 68.6 Å². The van der Waals surface area contributed by atoms with E-state index in [1.54, 1.807) is 13.0 Å². The Hall–Kier alpha value is -1.56. The summed E-state index contributed by atoms with van der Waals surface area (Å²) in [5.74, 6) is -2.74. The van der Waals surface area contributed by atoms with Crippen LogP contribution < -0.4 is 0 Å². The highest BCUT2D eigenvalue weighted by Crippen LogP contribution is 2.70. The van der Waals surface area contributed by atoms with Crippen LogP contribution in [0.4, 0.5) is 0 Å². The average molecular weight is 695 g/mol. The Morgan fingerprint density at radius 3 is 2.47 bits per heavy atom. The van der Waals surface area contributed by atoms with Gasteiger partial charge in [-0.15, -0.1) is 0 Å². The van der Waals surface area contributed by atoms with Crippen LogP contribution in [-0.2, 0) is 38.0 Å². The molecular weight excluding hydrogens is 644 g/mol. The zero-order valence-electron chi connectivity index (χ0n) is 28.0. The summed E-state index contributed by atoms with van der Waals surface area (Å²) >= 11 is 0. The molecule has 0 radical (unpaired) electrons. The minimum Gasteiger partial charge on any atom is -0.458 e. The Kier molecular flexibility index (Phi) is 8.45. The van der Waals surface area contributed by atoms with Gasteiger partial charge in [0.25, 0.3) is 0 Å². The highest BCUT2D eigenvalue weighted by Gasteiger charge is 2.71. The molecule has 4 heterocycles. The van der Waals surface area contributed by atoms with E-state index >= 15 is 0 Å². The maximum absolute atomic E-state index is 13.5. The lowest BCUT2D eigenvalue weighted by molar-refractivity contribution is -0.471. The molecule has 8 rings (SSSR count). The van der Waals surface area contributed by atoms with Gasteiger partial charge in [0, 0.05) is 23.3 Å². The quantitative estimate of drug-likeness (QED) is 0.125. The van der Waals surface area contributed by atoms with Crippen LogP contribution in [0.15, 0.2) is 11.6 Å². The van der Waals surface area contributed by atoms with E-state index in [-0.39, 0.29) is 49.1 Å². The lowest BCUT2D eigenvalue weighted by Gasteiger charge is -2.65. The molecule has 274 valence electrons. The first-order valence-corrected chi connectivity index (χ1v) is 18.0. The molecule has 18 atom stereocenters. The van der Waals surface area contributed by atoms with E-state index in [1.807, 2.05) is 0 Å². The van der Waals surface area contributed by atoms with Crippen LogP contribution in [0.5, 0.6) is 0 Å². The number of aliphatic hydroxyl groups is 6. The molecule has 0 spiro atoms. The maximum atomic E-state index is 13.5. The molecule has 0 aromatic carbocycles. The van der Waals surface area contributed by atoms with Crippen LogP contribution in [0.2, 0.25) is 0 Å². The molecule has 0 bridgehead atoms. The molecular formula is C35H50O14. The van der Waals surface area contributed by atoms with Gasteiger partial charge in [-0.25, -0.2) is 4.79 Å². The lowest BCUT2D eigenvalue weighted by atomic mass is 9.42. The fourth-order valence-electron chi connectivity index (χ4n) is 11.7. The second-order valence-electron chi connectivity index (χ2n) is 16.4. The Morgan fingerprint density at radius 2 is 1.76 bits per heavy atom. The van der Waals surface area contributed by atoms with E-state index < -0.39 is 90.2 Å². The van der Waals surface area contributed by atoms with Crippen LogP contribution >= 0.6 is 0 Å². The molecule has 4 aliphatic carbocycles. The number of fused-ring (bicyclic) bond motifs is 7. The molecule has 8 aliphatic rings. The maximum Gasteiger partial charge on any atom is 0.331 e. The van der Waals surface area contributed by atoms with Crippen molar-refractivity contribution in [3.8, 4) is 0 Å². The van der Waals surface area contributed by atoms with E-state index in [9.17, 15) is 40.2 Å². The Bertz CT molecular complexity index is 1360. The number of rotatable bonds is 5. The standard InChI is InChI=1S/C35H50O14/c1-16-9-25(48-30-29(41)28(40)27(39)24(13-36)46-30)35(43)31(45-16)47-22-11-18-3-4-21-20(33(18,15-37)12-23(22)49-35)5-7-32(2)19(6-8-34(21,32)42)17-10-26(38)44-14-17/h10,15-16,18-25,27-31,36,39-43H,3-9,11-14H2,1-2H3/t16-,18+,19-,20+,21-,22-,23-,24-,25-,27-,28+,29-,30-,31+,32-,33-,34+,35+/m1/s1. The summed E-state index contributed by atoms with van der Waals surface area (Å²) < 4.78 is 35.9. The number of carbonyl (C=O) groups excluding carboxylic acids is 2. The van der Waals surface area contributed by atoms with Gasteiger partial charge in [0.2, 0.25) is 12.1 Å². The van der Waals surface area contributed by atoms with Gasteiger partial charge in [0.05, 0.1) is 30.5 Å². The highest BCUT2D eigenvalue weighted by atomic mass is 16.8. The predicted molar refractivity (Wildman–Crippen MR) is 164 cm³/mol. The van der Waals surface area contributed by atoms with E-state index in [1.165, 1.54) is 0 Å². The second-order valence-corrected chi connectivity index (χ2v) is 16.4. The molecule has 0 aromatic rings. The summed E-state index contributed by atoms with van der Waals surface area (Å²) in [5, 5.41) is 65.7. The third kappa shape index (κ3) is 4.93. The SMILES string of the molecule is C[C@@H]1C[C@@H](O[C@H]2O[C@H](CO)[C@@H](O)[C@H](O)[C@H]2O)[C@]2(O)O[C@@H]3C[C@@]4(C=O)[C@@H](CC[C@@H]5[C@@H]4CC[C@]4(C)[C@@H](C6=CC(=O)OC6)CC[C@]54O)C[C@H]3O[C@@H]2O1. The number of carbonyl (C=O) groups is 2. The Balaban J connectivity index is 1.05. The van der Waals surface area contributed by atoms with Gasteiger partial charge in [-0.05, 0) is 87.5 Å². The van der Waals surface area contributed by atoms with Gasteiger partial charge >= 0.3 is 5.97 Å². The van der Waals surface area contributed by atoms with Gasteiger partial charge < -0.3 is 63.9 Å². The highest BCUT2D eigenvalue weighted by molar-refractivity contribution is 5.85. The van der Waals surface area contributed by atoms with Crippen molar-refractivity contribution in [2.24, 2.45) is 34.5 Å². The minimum absolute atomic E-state index is 0.0156. The fraction of sp³-hybridized carbons (Fsp3) is 0.886. The topological polar surface area (TPSA) is 211 Å². The van der Waals surface area contributed by atoms with E-state index in [0.717, 1.165) is 37.5 Å². The van der Waals surface area contributed by atoms with Gasteiger partial charge in [-0.1, -0.05) is 6.92 Å². The molecule has 0 aromatic heterocycles. The van der Waals surface area contributed by atoms with Crippen LogP contribution in [-0.4, -0.2) is 129 Å². The van der Waals surface area contributed by atoms with Gasteiger partial charge in [0.1, 0.15) is 43.4 Å². The lowest BCUT2D eigenvalue weighted by Crippen LogP contribution is -2.72. The van der Waals surface area contributed by atoms with Gasteiger partial charge in [0.15, 0.2) is 6.29 Å². The molecule has 14 heteroatoms. The Morgan fingerprint density at radius 1 is 0.959 bits per heavy atom. The number of ether oxygens (including phenoxy) is 6. The number of aliphatic hydroxyl groups excluding tert-OH is 4. The van der Waals surface area contributed by atoms with E-state index in [4.69, 9.17) is 28.4 Å². The molecule has 7 fully saturated rings. The monoisotopic (exact) mass is 694 g/mol. The normalized spacial score (nSPS) is 56.7. The second kappa shape index (κ2) is 12.0. The van der Waals surface area contributed by atoms with Gasteiger partial charge in [-0.3, -0.25) is 0 Å². The van der Waals surface area contributed by atoms with Crippen LogP contribution in [0.25, 0.3) is 0 Å². The summed E-state index contributed by atoms with van der Waals surface area (Å²) in [7, 11) is 0. The summed E-state index contributed by atoms with van der Waals surface area (Å²) in [6.45, 7) is 3.54. The van der Waals surface area contributed by atoms with Crippen molar-refractivity contribution >= 4 is 12.3 Å². The minimum atomic E-state index is -2.17. The van der Waals surface area contributed by atoms with E-state index in [0.29, 0.717) is 19.3 Å². The number of esters is 1. The number of hydrogen-bond acceptors (Lipinski definition) is 14. The largest absolute Gasteiger partial charge is 0.458 e. The van der Waals surface area contributed by atoms with Crippen LogP contribution in [0.3, 0.4) is 0 Å². The third-order valence-corrected chi connectivity index (χ3v) is 14.2. The van der Waals surface area contributed by atoms with Crippen molar-refractivity contribution in [3.05, 3.63) is 11.6 Å². The Labute approximate surface area is 284 Å². The van der Waals surface area contributed by atoms with Crippen molar-refractivity contribution in [3.63, 3.8) is 0 Å². The fourth-order valence-corrected chi connectivity index (χ4v) is 11.7. The average Bonchev–Trinajstić information content (AvgIpc) is 3.62. The molecule has 4 saturated carbocycles. The van der Waals surface area contributed by atoms with Gasteiger partial charge in [-0.2, -0.15) is 0 Å². The smallest absolute Gasteiger partial charge is 0.331 e. The first-order valence-electron chi connectivity index (χ1n) is 18.0.